The summed E-state index contributed by atoms with van der Waals surface area (Å²) in [5.74, 6) is 0.321. The van der Waals surface area contributed by atoms with Gasteiger partial charge in [0.1, 0.15) is 5.82 Å². The van der Waals surface area contributed by atoms with Crippen LogP contribution >= 0.6 is 15.9 Å². The molecule has 0 radical (unpaired) electrons. The van der Waals surface area contributed by atoms with Crippen LogP contribution in [-0.4, -0.2) is 10.1 Å². The predicted molar refractivity (Wildman–Crippen MR) is 58.9 cm³/mol. The van der Waals surface area contributed by atoms with Crippen molar-refractivity contribution in [2.75, 3.05) is 0 Å². The molecule has 0 saturated heterocycles. The molecule has 0 aliphatic rings. The summed E-state index contributed by atoms with van der Waals surface area (Å²) >= 11 is 3.24. The fourth-order valence-corrected chi connectivity index (χ4v) is 1.81. The predicted octanol–water partition coefficient (Wildman–Crippen LogP) is 2.26. The number of hydrogen-bond acceptors (Lipinski definition) is 4. The number of hydrogen-bond donors (Lipinski definition) is 1. The highest BCUT2D eigenvalue weighted by atomic mass is 79.9. The van der Waals surface area contributed by atoms with Crippen molar-refractivity contribution in [1.29, 1.82) is 0 Å². The maximum absolute atomic E-state index is 13.0. The molecule has 0 bridgehead atoms. The first-order valence-corrected chi connectivity index (χ1v) is 5.44. The van der Waals surface area contributed by atoms with Crippen LogP contribution in [0.25, 0.3) is 0 Å². The van der Waals surface area contributed by atoms with Gasteiger partial charge in [-0.1, -0.05) is 21.1 Å². The number of nitrogens with zero attached hydrogens (tertiary/aromatic N) is 2. The molecule has 0 fully saturated rings. The van der Waals surface area contributed by atoms with Crippen LogP contribution in [0, 0.1) is 5.82 Å². The molecule has 16 heavy (non-hydrogen) atoms. The number of nitrogens with one attached hydrogen (secondary N) is 1. The van der Waals surface area contributed by atoms with Gasteiger partial charge in [0, 0.05) is 11.0 Å². The fourth-order valence-electron chi connectivity index (χ4n) is 1.30. The summed E-state index contributed by atoms with van der Waals surface area (Å²) in [6.07, 6.45) is 1.27. The third-order valence-corrected chi connectivity index (χ3v) is 2.40. The molecule has 1 heterocycles. The topological polar surface area (TPSA) is 51.0 Å². The van der Waals surface area contributed by atoms with Crippen LogP contribution in [0.5, 0.6) is 0 Å². The summed E-state index contributed by atoms with van der Waals surface area (Å²) < 4.78 is 18.3. The van der Waals surface area contributed by atoms with E-state index in [0.717, 1.165) is 10.0 Å². The highest BCUT2D eigenvalue weighted by molar-refractivity contribution is 9.10. The van der Waals surface area contributed by atoms with E-state index in [2.05, 4.69) is 35.9 Å². The Labute approximate surface area is 100.0 Å². The molecule has 0 unspecified atom stereocenters. The minimum Gasteiger partial charge on any atom is -0.343 e. The van der Waals surface area contributed by atoms with Gasteiger partial charge in [-0.3, -0.25) is 0 Å². The normalized spacial score (nSPS) is 10.6. The van der Waals surface area contributed by atoms with Gasteiger partial charge in [-0.25, -0.2) is 4.39 Å². The summed E-state index contributed by atoms with van der Waals surface area (Å²) in [5.41, 5.74) is 0.857. The fraction of sp³-hybridized carbons (Fsp3) is 0.200. The van der Waals surface area contributed by atoms with Crippen LogP contribution in [0.15, 0.2) is 33.6 Å². The summed E-state index contributed by atoms with van der Waals surface area (Å²) in [7, 11) is 0. The molecule has 2 rings (SSSR count). The van der Waals surface area contributed by atoms with E-state index < -0.39 is 0 Å². The van der Waals surface area contributed by atoms with Crippen LogP contribution in [0.2, 0.25) is 0 Å². The second-order valence-corrected chi connectivity index (χ2v) is 4.14. The van der Waals surface area contributed by atoms with Gasteiger partial charge >= 0.3 is 0 Å². The van der Waals surface area contributed by atoms with Crippen molar-refractivity contribution in [3.63, 3.8) is 0 Å². The molecule has 0 amide bonds. The van der Waals surface area contributed by atoms with Crippen molar-refractivity contribution in [3.8, 4) is 0 Å². The number of rotatable bonds is 4. The van der Waals surface area contributed by atoms with Crippen LogP contribution in [0.3, 0.4) is 0 Å². The first-order chi connectivity index (χ1) is 7.74. The molecule has 0 spiro atoms. The monoisotopic (exact) mass is 285 g/mol. The molecule has 2 aromatic rings. The average molecular weight is 286 g/mol. The van der Waals surface area contributed by atoms with Crippen molar-refractivity contribution < 1.29 is 8.91 Å². The Balaban J connectivity index is 1.89. The van der Waals surface area contributed by atoms with Gasteiger partial charge < -0.3 is 9.84 Å². The van der Waals surface area contributed by atoms with Crippen molar-refractivity contribution in [2.45, 2.75) is 13.1 Å². The minimum atomic E-state index is -0.259. The number of halogens is 2. The Kier molecular flexibility index (Phi) is 3.63. The van der Waals surface area contributed by atoms with E-state index >= 15 is 0 Å². The second kappa shape index (κ2) is 5.18. The molecule has 0 atom stereocenters. The van der Waals surface area contributed by atoms with Crippen LogP contribution in [0.4, 0.5) is 4.39 Å². The van der Waals surface area contributed by atoms with E-state index in [4.69, 9.17) is 0 Å². The first-order valence-electron chi connectivity index (χ1n) is 4.65. The minimum absolute atomic E-state index is 0.259. The average Bonchev–Trinajstić information content (AvgIpc) is 2.69. The highest BCUT2D eigenvalue weighted by Crippen LogP contribution is 2.14. The zero-order chi connectivity index (χ0) is 11.4. The third kappa shape index (κ3) is 3.11. The van der Waals surface area contributed by atoms with Crippen LogP contribution in [-0.2, 0) is 13.1 Å². The van der Waals surface area contributed by atoms with E-state index in [-0.39, 0.29) is 5.82 Å². The molecule has 1 N–H and O–H groups in total. The Bertz CT molecular complexity index is 441. The molecule has 0 aliphatic carbocycles. The van der Waals surface area contributed by atoms with Gasteiger partial charge in [0.25, 0.3) is 0 Å². The van der Waals surface area contributed by atoms with E-state index in [1.807, 2.05) is 6.07 Å². The lowest BCUT2D eigenvalue weighted by atomic mass is 10.2. The van der Waals surface area contributed by atoms with Gasteiger partial charge in [0.2, 0.25) is 6.39 Å². The van der Waals surface area contributed by atoms with Crippen LogP contribution in [0.1, 0.15) is 11.4 Å². The Morgan fingerprint density at radius 3 is 2.88 bits per heavy atom. The Morgan fingerprint density at radius 1 is 1.31 bits per heavy atom. The lowest BCUT2D eigenvalue weighted by molar-refractivity contribution is 0.407. The Morgan fingerprint density at radius 2 is 2.19 bits per heavy atom. The summed E-state index contributed by atoms with van der Waals surface area (Å²) in [5, 5.41) is 6.74. The smallest absolute Gasteiger partial charge is 0.213 e. The van der Waals surface area contributed by atoms with E-state index in [9.17, 15) is 4.39 Å². The number of aromatic nitrogens is 2. The maximum atomic E-state index is 13.0. The van der Waals surface area contributed by atoms with Crippen molar-refractivity contribution in [3.05, 3.63) is 46.3 Å². The molecule has 1 aromatic carbocycles. The van der Waals surface area contributed by atoms with Crippen molar-refractivity contribution >= 4 is 15.9 Å². The largest absolute Gasteiger partial charge is 0.343 e. The highest BCUT2D eigenvalue weighted by Gasteiger charge is 2.00. The lowest BCUT2D eigenvalue weighted by Crippen LogP contribution is -2.13. The SMILES string of the molecule is Fc1cc(Br)cc(CNCc2ncon2)c1. The van der Waals surface area contributed by atoms with E-state index in [0.29, 0.717) is 18.9 Å². The molecular formula is C10H9BrFN3O. The van der Waals surface area contributed by atoms with Gasteiger partial charge in [0.15, 0.2) is 5.82 Å². The molecule has 1 aromatic heterocycles. The van der Waals surface area contributed by atoms with Crippen LogP contribution < -0.4 is 5.32 Å². The quantitative estimate of drug-likeness (QED) is 0.936. The maximum Gasteiger partial charge on any atom is 0.213 e. The molecule has 0 saturated carbocycles. The molecular weight excluding hydrogens is 277 g/mol. The van der Waals surface area contributed by atoms with Gasteiger partial charge in [-0.15, -0.1) is 0 Å². The molecule has 0 aliphatic heterocycles. The summed E-state index contributed by atoms with van der Waals surface area (Å²) in [6.45, 7) is 1.04. The number of benzene rings is 1. The van der Waals surface area contributed by atoms with E-state index in [1.165, 1.54) is 18.5 Å². The van der Waals surface area contributed by atoms with Gasteiger partial charge in [-0.05, 0) is 23.8 Å². The Hall–Kier alpha value is -1.27. The zero-order valence-electron chi connectivity index (χ0n) is 8.28. The molecule has 6 heteroatoms. The second-order valence-electron chi connectivity index (χ2n) is 3.23. The van der Waals surface area contributed by atoms with Gasteiger partial charge in [-0.2, -0.15) is 4.98 Å². The molecule has 84 valence electrons. The summed E-state index contributed by atoms with van der Waals surface area (Å²) in [4.78, 5) is 3.86. The standard InChI is InChI=1S/C10H9BrFN3O/c11-8-1-7(2-9(12)3-8)4-13-5-10-14-6-16-15-10/h1-3,6,13H,4-5H2. The van der Waals surface area contributed by atoms with Crippen molar-refractivity contribution in [2.24, 2.45) is 0 Å². The zero-order valence-corrected chi connectivity index (χ0v) is 9.87. The first kappa shape index (κ1) is 11.2. The summed E-state index contributed by atoms with van der Waals surface area (Å²) in [6, 6.07) is 4.75. The van der Waals surface area contributed by atoms with Crippen molar-refractivity contribution in [1.82, 2.24) is 15.5 Å². The third-order valence-electron chi connectivity index (χ3n) is 1.94. The van der Waals surface area contributed by atoms with Gasteiger partial charge in [0.05, 0.1) is 6.54 Å². The van der Waals surface area contributed by atoms with E-state index in [1.54, 1.807) is 0 Å². The molecule has 4 nitrogen and oxygen atoms in total. The lowest BCUT2D eigenvalue weighted by Gasteiger charge is -2.03.